The maximum Gasteiger partial charge on any atom is 0.0561 e. The Bertz CT molecular complexity index is 148. The number of rotatable bonds is 10. The van der Waals surface area contributed by atoms with Crippen LogP contribution >= 0.6 is 0 Å². The minimum atomic E-state index is 0.381. The van der Waals surface area contributed by atoms with Crippen molar-refractivity contribution >= 4 is 0 Å². The highest BCUT2D eigenvalue weighted by atomic mass is 16.5. The maximum absolute atomic E-state index is 5.80. The minimum Gasteiger partial charge on any atom is -0.378 e. The van der Waals surface area contributed by atoms with Gasteiger partial charge in [0, 0.05) is 12.6 Å². The van der Waals surface area contributed by atoms with Crippen LogP contribution in [-0.2, 0) is 4.74 Å². The van der Waals surface area contributed by atoms with Crippen molar-refractivity contribution in [3.63, 3.8) is 0 Å². The molecule has 0 saturated heterocycles. The zero-order chi connectivity index (χ0) is 12.4. The lowest BCUT2D eigenvalue weighted by molar-refractivity contribution is 0.0505. The lowest BCUT2D eigenvalue weighted by Crippen LogP contribution is -2.30. The molecule has 0 spiro atoms. The number of nitrogens with one attached hydrogen (secondary N) is 1. The zero-order valence-electron chi connectivity index (χ0n) is 11.9. The average molecular weight is 229 g/mol. The summed E-state index contributed by atoms with van der Waals surface area (Å²) in [4.78, 5) is 0. The molecule has 2 nitrogen and oxygen atoms in total. The molecule has 0 aliphatic rings. The lowest BCUT2D eigenvalue weighted by atomic mass is 10.1. The first-order valence-electron chi connectivity index (χ1n) is 6.91. The van der Waals surface area contributed by atoms with Gasteiger partial charge in [0.2, 0.25) is 0 Å². The van der Waals surface area contributed by atoms with Gasteiger partial charge in [0.15, 0.2) is 0 Å². The second-order valence-corrected chi connectivity index (χ2v) is 5.31. The molecule has 0 radical (unpaired) electrons. The highest BCUT2D eigenvalue weighted by Gasteiger charge is 2.08. The van der Waals surface area contributed by atoms with E-state index < -0.39 is 0 Å². The molecule has 2 atom stereocenters. The third kappa shape index (κ3) is 10.4. The fourth-order valence-electron chi connectivity index (χ4n) is 1.82. The summed E-state index contributed by atoms with van der Waals surface area (Å²) in [6, 6.07) is 0.569. The predicted molar refractivity (Wildman–Crippen MR) is 71.9 cm³/mol. The van der Waals surface area contributed by atoms with Gasteiger partial charge in [-0.25, -0.2) is 0 Å². The Morgan fingerprint density at radius 2 is 1.81 bits per heavy atom. The molecule has 0 aliphatic carbocycles. The van der Waals surface area contributed by atoms with E-state index in [0.717, 1.165) is 25.5 Å². The van der Waals surface area contributed by atoms with Gasteiger partial charge in [-0.15, -0.1) is 0 Å². The molecule has 98 valence electrons. The Morgan fingerprint density at radius 1 is 1.12 bits per heavy atom. The largest absolute Gasteiger partial charge is 0.378 e. The fourth-order valence-corrected chi connectivity index (χ4v) is 1.82. The van der Waals surface area contributed by atoms with E-state index in [1.807, 2.05) is 0 Å². The Hall–Kier alpha value is -0.0800. The summed E-state index contributed by atoms with van der Waals surface area (Å²) in [5.74, 6) is 0.795. The molecular weight excluding hydrogens is 198 g/mol. The van der Waals surface area contributed by atoms with E-state index in [2.05, 4.69) is 39.9 Å². The Morgan fingerprint density at radius 3 is 2.38 bits per heavy atom. The van der Waals surface area contributed by atoms with Gasteiger partial charge in [-0.2, -0.15) is 0 Å². The molecule has 0 amide bonds. The molecule has 0 aliphatic heterocycles. The van der Waals surface area contributed by atoms with E-state index >= 15 is 0 Å². The smallest absolute Gasteiger partial charge is 0.0561 e. The number of ether oxygens (including phenoxy) is 1. The maximum atomic E-state index is 5.80. The Labute approximate surface area is 102 Å². The van der Waals surface area contributed by atoms with E-state index in [1.54, 1.807) is 0 Å². The first-order valence-corrected chi connectivity index (χ1v) is 6.91. The second kappa shape index (κ2) is 10.1. The van der Waals surface area contributed by atoms with Crippen molar-refractivity contribution in [1.82, 2.24) is 5.32 Å². The van der Waals surface area contributed by atoms with E-state index in [4.69, 9.17) is 4.74 Å². The van der Waals surface area contributed by atoms with Gasteiger partial charge >= 0.3 is 0 Å². The predicted octanol–water partition coefficient (Wildman–Crippen LogP) is 3.61. The van der Waals surface area contributed by atoms with Crippen LogP contribution < -0.4 is 5.32 Å². The fraction of sp³-hybridized carbons (Fsp3) is 1.00. The molecule has 2 heteroatoms. The second-order valence-electron chi connectivity index (χ2n) is 5.31. The van der Waals surface area contributed by atoms with Gasteiger partial charge < -0.3 is 10.1 Å². The topological polar surface area (TPSA) is 21.3 Å². The van der Waals surface area contributed by atoms with E-state index in [9.17, 15) is 0 Å². The number of hydrogen-bond donors (Lipinski definition) is 1. The van der Waals surface area contributed by atoms with E-state index in [0.29, 0.717) is 12.1 Å². The van der Waals surface area contributed by atoms with Crippen LogP contribution in [0, 0.1) is 5.92 Å². The van der Waals surface area contributed by atoms with Crippen LogP contribution in [0.1, 0.15) is 60.3 Å². The van der Waals surface area contributed by atoms with Crippen LogP contribution in [0.25, 0.3) is 0 Å². The summed E-state index contributed by atoms with van der Waals surface area (Å²) in [6.45, 7) is 13.2. The standard InChI is InChI=1S/C14H31NO/c1-6-9-15-13(4)11-14(5)16-10-7-8-12(2)3/h12-15H,6-11H2,1-5H3. The molecule has 0 bridgehead atoms. The first-order chi connectivity index (χ1) is 7.56. The monoisotopic (exact) mass is 229 g/mol. The highest BCUT2D eigenvalue weighted by Crippen LogP contribution is 2.07. The summed E-state index contributed by atoms with van der Waals surface area (Å²) in [5, 5.41) is 3.49. The molecule has 0 heterocycles. The van der Waals surface area contributed by atoms with Crippen LogP contribution in [0.5, 0.6) is 0 Å². The summed E-state index contributed by atoms with van der Waals surface area (Å²) < 4.78 is 5.80. The molecule has 0 saturated carbocycles. The van der Waals surface area contributed by atoms with Gasteiger partial charge in [0.25, 0.3) is 0 Å². The Balaban J connectivity index is 3.39. The van der Waals surface area contributed by atoms with Crippen molar-refractivity contribution in [2.45, 2.75) is 72.4 Å². The van der Waals surface area contributed by atoms with Gasteiger partial charge in [0.05, 0.1) is 6.10 Å². The summed E-state index contributed by atoms with van der Waals surface area (Å²) in [6.07, 6.45) is 5.16. The molecule has 0 fully saturated rings. The van der Waals surface area contributed by atoms with Gasteiger partial charge in [-0.05, 0) is 52.0 Å². The molecule has 0 aromatic rings. The van der Waals surface area contributed by atoms with E-state index in [-0.39, 0.29) is 0 Å². The van der Waals surface area contributed by atoms with Crippen molar-refractivity contribution in [3.8, 4) is 0 Å². The SMILES string of the molecule is CCCNC(C)CC(C)OCCCC(C)C. The third-order valence-electron chi connectivity index (χ3n) is 2.76. The van der Waals surface area contributed by atoms with Crippen LogP contribution in [0.4, 0.5) is 0 Å². The van der Waals surface area contributed by atoms with Crippen molar-refractivity contribution in [3.05, 3.63) is 0 Å². The van der Waals surface area contributed by atoms with Crippen molar-refractivity contribution in [2.24, 2.45) is 5.92 Å². The first kappa shape index (κ1) is 15.9. The quantitative estimate of drug-likeness (QED) is 0.578. The zero-order valence-corrected chi connectivity index (χ0v) is 11.9. The highest BCUT2D eigenvalue weighted by molar-refractivity contribution is 4.64. The normalized spacial score (nSPS) is 15.4. The van der Waals surface area contributed by atoms with Crippen molar-refractivity contribution in [2.75, 3.05) is 13.2 Å². The lowest BCUT2D eigenvalue weighted by Gasteiger charge is -2.19. The molecular formula is C14H31NO. The van der Waals surface area contributed by atoms with Crippen LogP contribution in [0.15, 0.2) is 0 Å². The average Bonchev–Trinajstić information content (AvgIpc) is 2.21. The van der Waals surface area contributed by atoms with Gasteiger partial charge in [0.1, 0.15) is 0 Å². The minimum absolute atomic E-state index is 0.381. The summed E-state index contributed by atoms with van der Waals surface area (Å²) in [5.41, 5.74) is 0. The van der Waals surface area contributed by atoms with E-state index in [1.165, 1.54) is 19.3 Å². The van der Waals surface area contributed by atoms with Crippen molar-refractivity contribution in [1.29, 1.82) is 0 Å². The van der Waals surface area contributed by atoms with Crippen LogP contribution in [0.3, 0.4) is 0 Å². The van der Waals surface area contributed by atoms with Crippen molar-refractivity contribution < 1.29 is 4.74 Å². The summed E-state index contributed by atoms with van der Waals surface area (Å²) >= 11 is 0. The molecule has 0 rings (SSSR count). The number of hydrogen-bond acceptors (Lipinski definition) is 2. The molecule has 2 unspecified atom stereocenters. The van der Waals surface area contributed by atoms with Crippen LogP contribution in [0.2, 0.25) is 0 Å². The summed E-state index contributed by atoms with van der Waals surface area (Å²) in [7, 11) is 0. The van der Waals surface area contributed by atoms with Gasteiger partial charge in [-0.1, -0.05) is 20.8 Å². The molecule has 1 N–H and O–H groups in total. The molecule has 16 heavy (non-hydrogen) atoms. The molecule has 0 aromatic heterocycles. The molecule has 0 aromatic carbocycles. The third-order valence-corrected chi connectivity index (χ3v) is 2.76. The van der Waals surface area contributed by atoms with Gasteiger partial charge in [-0.3, -0.25) is 0 Å². The van der Waals surface area contributed by atoms with Crippen LogP contribution in [-0.4, -0.2) is 25.3 Å². The Kier molecular flexibility index (Phi) is 10.0.